The Balaban J connectivity index is 1.58. The minimum atomic E-state index is 0.930. The van der Waals surface area contributed by atoms with E-state index in [2.05, 4.69) is 77.3 Å². The zero-order valence-electron chi connectivity index (χ0n) is 15.2. The molecule has 1 aromatic carbocycles. The molecule has 2 aromatic rings. The predicted octanol–water partition coefficient (Wildman–Crippen LogP) is 5.63. The molecule has 0 unspecified atom stereocenters. The summed E-state index contributed by atoms with van der Waals surface area (Å²) in [7, 11) is 0. The first-order valence-electron chi connectivity index (χ1n) is 9.65. The van der Waals surface area contributed by atoms with Gasteiger partial charge in [-0.25, -0.2) is 9.13 Å². The highest BCUT2D eigenvalue weighted by molar-refractivity contribution is 5.48. The number of rotatable bonds is 12. The summed E-state index contributed by atoms with van der Waals surface area (Å²) in [5.74, 6) is 0. The third-order valence-electron chi connectivity index (χ3n) is 4.44. The van der Waals surface area contributed by atoms with Crippen molar-refractivity contribution < 1.29 is 4.57 Å². The molecule has 0 amide bonds. The maximum Gasteiger partial charge on any atom is 0.244 e. The van der Waals surface area contributed by atoms with Crippen molar-refractivity contribution in [2.75, 3.05) is 0 Å². The lowest BCUT2D eigenvalue weighted by molar-refractivity contribution is -0.686. The number of benzene rings is 1. The molecule has 130 valence electrons. The number of aryl methyl sites for hydroxylation is 1. The van der Waals surface area contributed by atoms with Gasteiger partial charge in [0.1, 0.15) is 18.9 Å². The van der Waals surface area contributed by atoms with Crippen LogP contribution in [0, 0.1) is 0 Å². The predicted molar refractivity (Wildman–Crippen MR) is 103 cm³/mol. The van der Waals surface area contributed by atoms with Crippen LogP contribution in [0.25, 0.3) is 6.08 Å². The molecule has 0 aliphatic heterocycles. The van der Waals surface area contributed by atoms with E-state index in [0.717, 1.165) is 13.1 Å². The Morgan fingerprint density at radius 3 is 2.38 bits per heavy atom. The van der Waals surface area contributed by atoms with Gasteiger partial charge >= 0.3 is 0 Å². The van der Waals surface area contributed by atoms with E-state index >= 15 is 0 Å². The standard InChI is InChI=1S/C22H33N2/c1-2-3-4-5-6-7-8-12-17-23-19-20-24(21-23)18-13-16-22-14-10-9-11-15-22/h9-11,13-16,19-21H,2-8,12,17-18H2,1H3/q+1. The Labute approximate surface area is 147 Å². The summed E-state index contributed by atoms with van der Waals surface area (Å²) < 4.78 is 4.55. The summed E-state index contributed by atoms with van der Waals surface area (Å²) in [6.07, 6.45) is 22.0. The van der Waals surface area contributed by atoms with E-state index in [4.69, 9.17) is 0 Å². The van der Waals surface area contributed by atoms with E-state index in [1.54, 1.807) is 0 Å². The van der Waals surface area contributed by atoms with E-state index in [1.807, 2.05) is 0 Å². The molecule has 1 heterocycles. The quantitative estimate of drug-likeness (QED) is 0.353. The Kier molecular flexibility index (Phi) is 9.00. The van der Waals surface area contributed by atoms with Gasteiger partial charge in [-0.1, -0.05) is 81.9 Å². The molecule has 0 atom stereocenters. The van der Waals surface area contributed by atoms with E-state index in [0.29, 0.717) is 0 Å². The van der Waals surface area contributed by atoms with Crippen molar-refractivity contribution >= 4 is 6.08 Å². The van der Waals surface area contributed by atoms with Crippen molar-refractivity contribution in [3.63, 3.8) is 0 Å². The molecule has 0 saturated heterocycles. The SMILES string of the molecule is CCCCCCCCCCn1cc[n+](CC=Cc2ccccc2)c1. The normalized spacial score (nSPS) is 11.4. The van der Waals surface area contributed by atoms with Crippen molar-refractivity contribution in [2.45, 2.75) is 71.4 Å². The second-order valence-corrected chi connectivity index (χ2v) is 6.64. The van der Waals surface area contributed by atoms with Gasteiger partial charge in [0.05, 0.1) is 6.54 Å². The number of aromatic nitrogens is 2. The van der Waals surface area contributed by atoms with Crippen LogP contribution in [0.1, 0.15) is 63.9 Å². The largest absolute Gasteiger partial charge is 0.244 e. The zero-order chi connectivity index (χ0) is 16.9. The minimum absolute atomic E-state index is 0.930. The van der Waals surface area contributed by atoms with Gasteiger partial charge in [-0.15, -0.1) is 0 Å². The first kappa shape index (κ1) is 18.5. The molecule has 1 aromatic heterocycles. The van der Waals surface area contributed by atoms with Gasteiger partial charge in [-0.3, -0.25) is 0 Å². The highest BCUT2D eigenvalue weighted by atomic mass is 15.1. The van der Waals surface area contributed by atoms with Gasteiger partial charge in [0, 0.05) is 0 Å². The third-order valence-corrected chi connectivity index (χ3v) is 4.44. The summed E-state index contributed by atoms with van der Waals surface area (Å²) in [6, 6.07) is 10.5. The molecule has 0 radical (unpaired) electrons. The van der Waals surface area contributed by atoms with Crippen LogP contribution in [0.15, 0.2) is 55.1 Å². The lowest BCUT2D eigenvalue weighted by atomic mass is 10.1. The molecule has 0 aliphatic rings. The van der Waals surface area contributed by atoms with Crippen LogP contribution < -0.4 is 4.57 Å². The molecule has 0 fully saturated rings. The summed E-state index contributed by atoms with van der Waals surface area (Å²) in [5.41, 5.74) is 1.26. The third kappa shape index (κ3) is 7.63. The molecule has 0 N–H and O–H groups in total. The molecular formula is C22H33N2+. The first-order valence-corrected chi connectivity index (χ1v) is 9.65. The molecule has 2 nitrogen and oxygen atoms in total. The Morgan fingerprint density at radius 2 is 1.62 bits per heavy atom. The average molecular weight is 326 g/mol. The van der Waals surface area contributed by atoms with E-state index in [9.17, 15) is 0 Å². The van der Waals surface area contributed by atoms with Crippen LogP contribution in [0.4, 0.5) is 0 Å². The Hall–Kier alpha value is -1.83. The van der Waals surface area contributed by atoms with E-state index in [1.165, 1.54) is 56.9 Å². The highest BCUT2D eigenvalue weighted by Crippen LogP contribution is 2.09. The molecule has 0 aliphatic carbocycles. The van der Waals surface area contributed by atoms with Gasteiger partial charge < -0.3 is 0 Å². The lowest BCUT2D eigenvalue weighted by Crippen LogP contribution is -2.29. The average Bonchev–Trinajstić information content (AvgIpc) is 3.06. The minimum Gasteiger partial charge on any atom is -0.237 e. The van der Waals surface area contributed by atoms with E-state index < -0.39 is 0 Å². The smallest absolute Gasteiger partial charge is 0.237 e. The lowest BCUT2D eigenvalue weighted by Gasteiger charge is -2.00. The van der Waals surface area contributed by atoms with Crippen LogP contribution in [0.3, 0.4) is 0 Å². The van der Waals surface area contributed by atoms with Crippen LogP contribution in [-0.4, -0.2) is 4.57 Å². The van der Waals surface area contributed by atoms with Crippen molar-refractivity contribution in [3.05, 3.63) is 60.7 Å². The number of hydrogen-bond acceptors (Lipinski definition) is 0. The zero-order valence-corrected chi connectivity index (χ0v) is 15.2. The topological polar surface area (TPSA) is 8.81 Å². The number of imidazole rings is 1. The maximum atomic E-state index is 2.31. The van der Waals surface area contributed by atoms with Gasteiger partial charge in [-0.2, -0.15) is 0 Å². The number of unbranched alkanes of at least 4 members (excludes halogenated alkanes) is 7. The van der Waals surface area contributed by atoms with Crippen molar-refractivity contribution in [3.8, 4) is 0 Å². The monoisotopic (exact) mass is 325 g/mol. The molecular weight excluding hydrogens is 292 g/mol. The van der Waals surface area contributed by atoms with Crippen LogP contribution in [-0.2, 0) is 13.1 Å². The molecule has 24 heavy (non-hydrogen) atoms. The fraction of sp³-hybridized carbons (Fsp3) is 0.500. The van der Waals surface area contributed by atoms with Gasteiger partial charge in [0.25, 0.3) is 0 Å². The van der Waals surface area contributed by atoms with Crippen molar-refractivity contribution in [2.24, 2.45) is 0 Å². The number of hydrogen-bond donors (Lipinski definition) is 0. The second kappa shape index (κ2) is 11.7. The number of nitrogens with zero attached hydrogens (tertiary/aromatic N) is 2. The van der Waals surface area contributed by atoms with Crippen molar-refractivity contribution in [1.82, 2.24) is 4.57 Å². The first-order chi connectivity index (χ1) is 11.9. The van der Waals surface area contributed by atoms with Gasteiger partial charge in [-0.05, 0) is 24.5 Å². The summed E-state index contributed by atoms with van der Waals surface area (Å²) in [5, 5.41) is 0. The molecule has 0 saturated carbocycles. The summed E-state index contributed by atoms with van der Waals surface area (Å²) in [4.78, 5) is 0. The molecule has 0 bridgehead atoms. The molecule has 2 rings (SSSR count). The Bertz CT molecular complexity index is 569. The Morgan fingerprint density at radius 1 is 0.917 bits per heavy atom. The number of allylic oxidation sites excluding steroid dienone is 1. The highest BCUT2D eigenvalue weighted by Gasteiger charge is 2.01. The fourth-order valence-corrected chi connectivity index (χ4v) is 2.98. The van der Waals surface area contributed by atoms with Gasteiger partial charge in [0.2, 0.25) is 6.33 Å². The maximum absolute atomic E-state index is 2.31. The van der Waals surface area contributed by atoms with Gasteiger partial charge in [0.15, 0.2) is 0 Å². The summed E-state index contributed by atoms with van der Waals surface area (Å²) in [6.45, 7) is 4.35. The van der Waals surface area contributed by atoms with Crippen LogP contribution in [0.5, 0.6) is 0 Å². The van der Waals surface area contributed by atoms with E-state index in [-0.39, 0.29) is 0 Å². The van der Waals surface area contributed by atoms with Crippen LogP contribution >= 0.6 is 0 Å². The fourth-order valence-electron chi connectivity index (χ4n) is 2.98. The summed E-state index contributed by atoms with van der Waals surface area (Å²) >= 11 is 0. The van der Waals surface area contributed by atoms with Crippen LogP contribution in [0.2, 0.25) is 0 Å². The molecule has 0 spiro atoms. The second-order valence-electron chi connectivity index (χ2n) is 6.64. The molecule has 2 heteroatoms. The van der Waals surface area contributed by atoms with Crippen molar-refractivity contribution in [1.29, 1.82) is 0 Å².